The summed E-state index contributed by atoms with van der Waals surface area (Å²) in [6, 6.07) is 8.68. The number of anilines is 1. The fraction of sp³-hybridized carbons (Fsp3) is 0. The minimum absolute atomic E-state index is 0.0486. The minimum atomic E-state index is -0.508. The number of nitro benzene ring substituents is 1. The molecule has 0 aliphatic rings. The second-order valence-electron chi connectivity index (χ2n) is 4.50. The number of aromatic nitrogens is 4. The number of hydrogen-bond acceptors (Lipinski definition) is 6. The topological polar surface area (TPSA) is 116 Å². The van der Waals surface area contributed by atoms with Crippen LogP contribution in [0.25, 0.3) is 5.82 Å². The van der Waals surface area contributed by atoms with E-state index in [0.717, 1.165) is 0 Å². The summed E-state index contributed by atoms with van der Waals surface area (Å²) in [5.74, 6) is 0.0814. The van der Waals surface area contributed by atoms with Crippen LogP contribution in [-0.2, 0) is 0 Å². The Morgan fingerprint density at radius 2 is 1.91 bits per heavy atom. The molecule has 9 nitrogen and oxygen atoms in total. The molecular weight excluding hydrogens is 300 g/mol. The molecule has 0 saturated heterocycles. The number of rotatable bonds is 4. The van der Waals surface area contributed by atoms with Crippen molar-refractivity contribution in [3.8, 4) is 5.82 Å². The highest BCUT2D eigenvalue weighted by atomic mass is 16.6. The van der Waals surface area contributed by atoms with E-state index in [0.29, 0.717) is 11.5 Å². The molecule has 2 aromatic heterocycles. The van der Waals surface area contributed by atoms with Gasteiger partial charge in [0.25, 0.3) is 11.6 Å². The number of carbonyl (C=O) groups excluding carboxylic acids is 1. The Bertz CT molecular complexity index is 828. The molecule has 0 atom stereocenters. The Kier molecular flexibility index (Phi) is 3.75. The molecule has 9 heteroatoms. The van der Waals surface area contributed by atoms with Crippen LogP contribution < -0.4 is 5.32 Å². The van der Waals surface area contributed by atoms with Crippen molar-refractivity contribution in [3.05, 3.63) is 70.9 Å². The monoisotopic (exact) mass is 310 g/mol. The van der Waals surface area contributed by atoms with Gasteiger partial charge in [-0.15, -0.1) is 10.2 Å². The standard InChI is InChI=1S/C14H10N6O3/c21-14(16-10-1-3-11(4-2-10)20(22)23)12-5-6-13(18-17-12)19-8-7-15-9-19/h1-9H,(H,16,21). The number of non-ortho nitro benzene ring substituents is 1. The molecule has 3 rings (SSSR count). The lowest BCUT2D eigenvalue weighted by molar-refractivity contribution is -0.384. The van der Waals surface area contributed by atoms with Gasteiger partial charge in [0.15, 0.2) is 11.5 Å². The average Bonchev–Trinajstić information content (AvgIpc) is 3.10. The zero-order valence-electron chi connectivity index (χ0n) is 11.7. The van der Waals surface area contributed by atoms with Gasteiger partial charge < -0.3 is 5.32 Å². The average molecular weight is 310 g/mol. The van der Waals surface area contributed by atoms with Gasteiger partial charge in [0.1, 0.15) is 6.33 Å². The highest BCUT2D eigenvalue weighted by molar-refractivity contribution is 6.02. The highest BCUT2D eigenvalue weighted by Gasteiger charge is 2.10. The first kappa shape index (κ1) is 14.3. The van der Waals surface area contributed by atoms with Crippen molar-refractivity contribution in [1.82, 2.24) is 19.7 Å². The van der Waals surface area contributed by atoms with Gasteiger partial charge in [-0.05, 0) is 24.3 Å². The third kappa shape index (κ3) is 3.18. The van der Waals surface area contributed by atoms with Crippen molar-refractivity contribution in [2.75, 3.05) is 5.32 Å². The molecule has 0 saturated carbocycles. The number of imidazole rings is 1. The van der Waals surface area contributed by atoms with Gasteiger partial charge in [-0.1, -0.05) is 0 Å². The molecule has 23 heavy (non-hydrogen) atoms. The molecule has 0 aliphatic heterocycles. The largest absolute Gasteiger partial charge is 0.321 e. The van der Waals surface area contributed by atoms with E-state index in [1.165, 1.54) is 30.3 Å². The lowest BCUT2D eigenvalue weighted by Gasteiger charge is -2.05. The van der Waals surface area contributed by atoms with Gasteiger partial charge in [-0.3, -0.25) is 19.5 Å². The molecule has 0 unspecified atom stereocenters. The summed E-state index contributed by atoms with van der Waals surface area (Å²) < 4.78 is 1.66. The molecule has 114 valence electrons. The van der Waals surface area contributed by atoms with E-state index in [2.05, 4.69) is 20.5 Å². The van der Waals surface area contributed by atoms with E-state index < -0.39 is 10.8 Å². The third-order valence-electron chi connectivity index (χ3n) is 2.99. The lowest BCUT2D eigenvalue weighted by Crippen LogP contribution is -2.14. The summed E-state index contributed by atoms with van der Waals surface area (Å²) in [7, 11) is 0. The molecule has 2 heterocycles. The maximum absolute atomic E-state index is 12.1. The quantitative estimate of drug-likeness (QED) is 0.580. The lowest BCUT2D eigenvalue weighted by atomic mass is 10.2. The van der Waals surface area contributed by atoms with Crippen LogP contribution in [0.5, 0.6) is 0 Å². The van der Waals surface area contributed by atoms with E-state index in [9.17, 15) is 14.9 Å². The molecule has 0 fully saturated rings. The van der Waals surface area contributed by atoms with Crippen LogP contribution in [0.4, 0.5) is 11.4 Å². The van der Waals surface area contributed by atoms with Crippen LogP contribution in [-0.4, -0.2) is 30.6 Å². The Morgan fingerprint density at radius 1 is 1.13 bits per heavy atom. The van der Waals surface area contributed by atoms with E-state index in [4.69, 9.17) is 0 Å². The Labute approximate surface area is 129 Å². The summed E-state index contributed by atoms with van der Waals surface area (Å²) >= 11 is 0. The van der Waals surface area contributed by atoms with Gasteiger partial charge in [-0.25, -0.2) is 4.98 Å². The fourth-order valence-corrected chi connectivity index (χ4v) is 1.84. The molecule has 0 aliphatic carbocycles. The number of nitrogens with zero attached hydrogens (tertiary/aromatic N) is 5. The molecule has 0 bridgehead atoms. The van der Waals surface area contributed by atoms with Gasteiger partial charge in [0, 0.05) is 30.2 Å². The zero-order chi connectivity index (χ0) is 16.2. The van der Waals surface area contributed by atoms with Crippen LogP contribution in [0, 0.1) is 10.1 Å². The van der Waals surface area contributed by atoms with E-state index in [1.54, 1.807) is 29.4 Å². The summed E-state index contributed by atoms with van der Waals surface area (Å²) in [6.07, 6.45) is 4.89. The normalized spacial score (nSPS) is 10.3. The van der Waals surface area contributed by atoms with Crippen molar-refractivity contribution in [1.29, 1.82) is 0 Å². The molecular formula is C14H10N6O3. The van der Waals surface area contributed by atoms with Crippen molar-refractivity contribution in [2.24, 2.45) is 0 Å². The van der Waals surface area contributed by atoms with Crippen LogP contribution in [0.1, 0.15) is 10.5 Å². The number of hydrogen-bond donors (Lipinski definition) is 1. The first-order valence-corrected chi connectivity index (χ1v) is 6.51. The van der Waals surface area contributed by atoms with Crippen LogP contribution in [0.15, 0.2) is 55.1 Å². The maximum Gasteiger partial charge on any atom is 0.276 e. The van der Waals surface area contributed by atoms with Crippen LogP contribution in [0.2, 0.25) is 0 Å². The minimum Gasteiger partial charge on any atom is -0.321 e. The second kappa shape index (κ2) is 6.02. The molecule has 1 amide bonds. The summed E-state index contributed by atoms with van der Waals surface area (Å²) in [5, 5.41) is 21.0. The highest BCUT2D eigenvalue weighted by Crippen LogP contribution is 2.16. The predicted octanol–water partition coefficient (Wildman–Crippen LogP) is 1.82. The summed E-state index contributed by atoms with van der Waals surface area (Å²) in [5.41, 5.74) is 0.515. The van der Waals surface area contributed by atoms with Gasteiger partial charge in [0.2, 0.25) is 0 Å². The molecule has 1 N–H and O–H groups in total. The Hall–Kier alpha value is -3.62. The van der Waals surface area contributed by atoms with Gasteiger partial charge >= 0.3 is 0 Å². The SMILES string of the molecule is O=C(Nc1ccc([N+](=O)[O-])cc1)c1ccc(-n2ccnc2)nn1. The Morgan fingerprint density at radius 3 is 2.48 bits per heavy atom. The number of amides is 1. The number of carbonyl (C=O) groups is 1. The van der Waals surface area contributed by atoms with E-state index in [-0.39, 0.29) is 11.4 Å². The van der Waals surface area contributed by atoms with Crippen molar-refractivity contribution in [2.45, 2.75) is 0 Å². The number of nitrogens with one attached hydrogen (secondary N) is 1. The molecule has 0 radical (unpaired) electrons. The van der Waals surface area contributed by atoms with Gasteiger partial charge in [0.05, 0.1) is 4.92 Å². The fourth-order valence-electron chi connectivity index (χ4n) is 1.84. The zero-order valence-corrected chi connectivity index (χ0v) is 11.7. The maximum atomic E-state index is 12.1. The number of benzene rings is 1. The van der Waals surface area contributed by atoms with Crippen molar-refractivity contribution in [3.63, 3.8) is 0 Å². The van der Waals surface area contributed by atoms with Crippen LogP contribution in [0.3, 0.4) is 0 Å². The van der Waals surface area contributed by atoms with E-state index in [1.807, 2.05) is 0 Å². The van der Waals surface area contributed by atoms with Crippen molar-refractivity contribution >= 4 is 17.3 Å². The summed E-state index contributed by atoms with van der Waals surface area (Å²) in [4.78, 5) is 26.0. The van der Waals surface area contributed by atoms with Crippen LogP contribution >= 0.6 is 0 Å². The van der Waals surface area contributed by atoms with Crippen molar-refractivity contribution < 1.29 is 9.72 Å². The Balaban J connectivity index is 1.71. The predicted molar refractivity (Wildman–Crippen MR) is 80.2 cm³/mol. The second-order valence-corrected chi connectivity index (χ2v) is 4.50. The first-order valence-electron chi connectivity index (χ1n) is 6.51. The van der Waals surface area contributed by atoms with E-state index >= 15 is 0 Å². The smallest absolute Gasteiger partial charge is 0.276 e. The number of nitro groups is 1. The molecule has 3 aromatic rings. The summed E-state index contributed by atoms with van der Waals surface area (Å²) in [6.45, 7) is 0. The third-order valence-corrected chi connectivity index (χ3v) is 2.99. The van der Waals surface area contributed by atoms with Gasteiger partial charge in [-0.2, -0.15) is 0 Å². The molecule has 0 spiro atoms. The first-order chi connectivity index (χ1) is 11.1. The molecule has 1 aromatic carbocycles.